The zero-order chi connectivity index (χ0) is 16.5. The summed E-state index contributed by atoms with van der Waals surface area (Å²) < 4.78 is 0. The lowest BCUT2D eigenvalue weighted by molar-refractivity contribution is 0.0615. The minimum absolute atomic E-state index is 0.123. The molecule has 0 bridgehead atoms. The van der Waals surface area contributed by atoms with E-state index in [2.05, 4.69) is 41.3 Å². The molecule has 2 aliphatic rings. The Morgan fingerprint density at radius 2 is 1.71 bits per heavy atom. The molecule has 124 valence electrons. The molecule has 0 atom stereocenters. The van der Waals surface area contributed by atoms with Crippen LogP contribution in [-0.4, -0.2) is 60.1 Å². The Balaban J connectivity index is 1.50. The van der Waals surface area contributed by atoms with E-state index in [1.807, 2.05) is 11.0 Å². The zero-order valence-electron chi connectivity index (χ0n) is 13.7. The summed E-state index contributed by atoms with van der Waals surface area (Å²) in [5.41, 5.74) is 5.94. The van der Waals surface area contributed by atoms with Crippen LogP contribution in [0.25, 0.3) is 11.1 Å². The van der Waals surface area contributed by atoms with Crippen molar-refractivity contribution < 1.29 is 9.90 Å². The number of benzene rings is 2. The van der Waals surface area contributed by atoms with Crippen LogP contribution in [0.5, 0.6) is 0 Å². The lowest BCUT2D eigenvalue weighted by Gasteiger charge is -2.34. The molecule has 4 nitrogen and oxygen atoms in total. The molecule has 0 saturated carbocycles. The van der Waals surface area contributed by atoms with Gasteiger partial charge in [-0.1, -0.05) is 30.3 Å². The van der Waals surface area contributed by atoms with Gasteiger partial charge in [-0.3, -0.25) is 9.69 Å². The fraction of sp³-hybridized carbons (Fsp3) is 0.350. The first-order valence-electron chi connectivity index (χ1n) is 8.60. The van der Waals surface area contributed by atoms with Crippen molar-refractivity contribution in [2.24, 2.45) is 0 Å². The molecule has 24 heavy (non-hydrogen) atoms. The van der Waals surface area contributed by atoms with Crippen LogP contribution in [0.3, 0.4) is 0 Å². The number of nitrogens with zero attached hydrogens (tertiary/aromatic N) is 2. The van der Waals surface area contributed by atoms with Gasteiger partial charge in [0.2, 0.25) is 0 Å². The summed E-state index contributed by atoms with van der Waals surface area (Å²) in [7, 11) is 0. The van der Waals surface area contributed by atoms with Crippen molar-refractivity contribution in [3.05, 3.63) is 59.2 Å². The number of fused-ring (bicyclic) bond motifs is 3. The Bertz CT molecular complexity index is 764. The molecule has 0 unspecified atom stereocenters. The maximum Gasteiger partial charge on any atom is 0.253 e. The van der Waals surface area contributed by atoms with Gasteiger partial charge in [-0.15, -0.1) is 0 Å². The van der Waals surface area contributed by atoms with Crippen LogP contribution in [0.4, 0.5) is 0 Å². The molecule has 1 amide bonds. The molecule has 2 aromatic carbocycles. The standard InChI is InChI=1S/C20H22N2O2/c23-12-11-21-7-9-22(10-8-21)20(24)16-5-6-19-17(14-16)13-15-3-1-2-4-18(15)19/h1-6,14,23H,7-13H2. The molecule has 4 heteroatoms. The monoisotopic (exact) mass is 322 g/mol. The Hall–Kier alpha value is -2.17. The van der Waals surface area contributed by atoms with E-state index in [0.717, 1.165) is 38.2 Å². The van der Waals surface area contributed by atoms with Crippen LogP contribution in [0.15, 0.2) is 42.5 Å². The number of carbonyl (C=O) groups is 1. The Morgan fingerprint density at radius 3 is 2.50 bits per heavy atom. The predicted octanol–water partition coefficient (Wildman–Crippen LogP) is 2.01. The van der Waals surface area contributed by atoms with Crippen molar-refractivity contribution in [3.8, 4) is 11.1 Å². The van der Waals surface area contributed by atoms with Gasteiger partial charge >= 0.3 is 0 Å². The minimum Gasteiger partial charge on any atom is -0.395 e. The van der Waals surface area contributed by atoms with Crippen molar-refractivity contribution in [2.75, 3.05) is 39.3 Å². The van der Waals surface area contributed by atoms with E-state index in [0.29, 0.717) is 6.54 Å². The molecule has 0 aromatic heterocycles. The first-order chi connectivity index (χ1) is 11.8. The van der Waals surface area contributed by atoms with Gasteiger partial charge in [0.15, 0.2) is 0 Å². The number of piperazine rings is 1. The van der Waals surface area contributed by atoms with Crippen LogP contribution in [0, 0.1) is 0 Å². The van der Waals surface area contributed by atoms with E-state index in [9.17, 15) is 4.79 Å². The van der Waals surface area contributed by atoms with Gasteiger partial charge in [0.25, 0.3) is 5.91 Å². The molecule has 1 N–H and O–H groups in total. The van der Waals surface area contributed by atoms with Crippen LogP contribution < -0.4 is 0 Å². The van der Waals surface area contributed by atoms with E-state index in [1.54, 1.807) is 0 Å². The van der Waals surface area contributed by atoms with Gasteiger partial charge in [-0.05, 0) is 40.8 Å². The van der Waals surface area contributed by atoms with E-state index in [4.69, 9.17) is 5.11 Å². The topological polar surface area (TPSA) is 43.8 Å². The van der Waals surface area contributed by atoms with Crippen LogP contribution >= 0.6 is 0 Å². The third-order valence-corrected chi connectivity index (χ3v) is 5.12. The number of hydrogen-bond acceptors (Lipinski definition) is 3. The van der Waals surface area contributed by atoms with Crippen molar-refractivity contribution in [3.63, 3.8) is 0 Å². The Labute approximate surface area is 142 Å². The fourth-order valence-corrected chi connectivity index (χ4v) is 3.78. The van der Waals surface area contributed by atoms with Crippen molar-refractivity contribution in [1.29, 1.82) is 0 Å². The Kier molecular flexibility index (Phi) is 4.08. The largest absolute Gasteiger partial charge is 0.395 e. The molecule has 2 aromatic rings. The molecule has 1 aliphatic carbocycles. The molecule has 0 spiro atoms. The number of aliphatic hydroxyl groups excluding tert-OH is 1. The second kappa shape index (κ2) is 6.38. The van der Waals surface area contributed by atoms with Gasteiger partial charge in [-0.2, -0.15) is 0 Å². The average molecular weight is 322 g/mol. The average Bonchev–Trinajstić information content (AvgIpc) is 3.00. The number of aliphatic hydroxyl groups is 1. The molecule has 1 aliphatic heterocycles. The number of amides is 1. The number of β-amino-alcohol motifs (C(OH)–C–C–N with tert-alkyl or cyclic N) is 1. The van der Waals surface area contributed by atoms with Gasteiger partial charge in [0, 0.05) is 38.3 Å². The first kappa shape index (κ1) is 15.4. The normalized spacial score (nSPS) is 16.8. The number of carbonyl (C=O) groups excluding carboxylic acids is 1. The molecular weight excluding hydrogens is 300 g/mol. The van der Waals surface area contributed by atoms with Gasteiger partial charge in [0.1, 0.15) is 0 Å². The predicted molar refractivity (Wildman–Crippen MR) is 94.1 cm³/mol. The summed E-state index contributed by atoms with van der Waals surface area (Å²) in [5.74, 6) is 0.123. The summed E-state index contributed by atoms with van der Waals surface area (Å²) in [6.07, 6.45) is 0.914. The molecule has 1 saturated heterocycles. The lowest BCUT2D eigenvalue weighted by atomic mass is 10.0. The van der Waals surface area contributed by atoms with E-state index in [1.165, 1.54) is 22.3 Å². The maximum atomic E-state index is 12.8. The highest BCUT2D eigenvalue weighted by atomic mass is 16.3. The van der Waals surface area contributed by atoms with Gasteiger partial charge in [-0.25, -0.2) is 0 Å². The molecular formula is C20H22N2O2. The van der Waals surface area contributed by atoms with Gasteiger partial charge in [0.05, 0.1) is 6.61 Å². The summed E-state index contributed by atoms with van der Waals surface area (Å²) in [4.78, 5) is 16.9. The van der Waals surface area contributed by atoms with Crippen LogP contribution in [0.2, 0.25) is 0 Å². The fourth-order valence-electron chi connectivity index (χ4n) is 3.78. The molecule has 4 rings (SSSR count). The SMILES string of the molecule is O=C(c1ccc2c(c1)Cc1ccccc1-2)N1CCN(CCO)CC1. The summed E-state index contributed by atoms with van der Waals surface area (Å²) >= 11 is 0. The first-order valence-corrected chi connectivity index (χ1v) is 8.60. The second-order valence-corrected chi connectivity index (χ2v) is 6.56. The molecule has 1 fully saturated rings. The van der Waals surface area contributed by atoms with E-state index >= 15 is 0 Å². The van der Waals surface area contributed by atoms with Crippen LogP contribution in [-0.2, 0) is 6.42 Å². The number of rotatable bonds is 3. The summed E-state index contributed by atoms with van der Waals surface area (Å²) in [5, 5.41) is 9.01. The zero-order valence-corrected chi connectivity index (χ0v) is 13.7. The third-order valence-electron chi connectivity index (χ3n) is 5.12. The van der Waals surface area contributed by atoms with Crippen molar-refractivity contribution in [1.82, 2.24) is 9.80 Å². The summed E-state index contributed by atoms with van der Waals surface area (Å²) in [6, 6.07) is 14.6. The van der Waals surface area contributed by atoms with Crippen LogP contribution in [0.1, 0.15) is 21.5 Å². The minimum atomic E-state index is 0.123. The highest BCUT2D eigenvalue weighted by Crippen LogP contribution is 2.36. The molecule has 1 heterocycles. The lowest BCUT2D eigenvalue weighted by Crippen LogP contribution is -2.49. The van der Waals surface area contributed by atoms with E-state index in [-0.39, 0.29) is 12.5 Å². The van der Waals surface area contributed by atoms with Crippen molar-refractivity contribution >= 4 is 5.91 Å². The maximum absolute atomic E-state index is 12.8. The second-order valence-electron chi connectivity index (χ2n) is 6.56. The quantitative estimate of drug-likeness (QED) is 0.802. The highest BCUT2D eigenvalue weighted by molar-refractivity contribution is 5.95. The Morgan fingerprint density at radius 1 is 0.958 bits per heavy atom. The summed E-state index contributed by atoms with van der Waals surface area (Å²) in [6.45, 7) is 4.01. The van der Waals surface area contributed by atoms with E-state index < -0.39 is 0 Å². The third kappa shape index (κ3) is 2.72. The number of hydrogen-bond donors (Lipinski definition) is 1. The highest BCUT2D eigenvalue weighted by Gasteiger charge is 2.24. The molecule has 0 radical (unpaired) electrons. The smallest absolute Gasteiger partial charge is 0.253 e. The van der Waals surface area contributed by atoms with Crippen molar-refractivity contribution in [2.45, 2.75) is 6.42 Å². The van der Waals surface area contributed by atoms with Gasteiger partial charge < -0.3 is 10.0 Å².